The second-order valence-corrected chi connectivity index (χ2v) is 6.13. The summed E-state index contributed by atoms with van der Waals surface area (Å²) in [4.78, 5) is 24.8. The molecule has 3 heterocycles. The average molecular weight is 348 g/mol. The molecule has 7 nitrogen and oxygen atoms in total. The molecule has 8 heteroatoms. The summed E-state index contributed by atoms with van der Waals surface area (Å²) >= 11 is 1.52. The Balaban J connectivity index is 1.44. The summed E-state index contributed by atoms with van der Waals surface area (Å²) in [5.41, 5.74) is 1.57. The van der Waals surface area contributed by atoms with E-state index in [0.29, 0.717) is 11.5 Å². The van der Waals surface area contributed by atoms with Gasteiger partial charge in [0.2, 0.25) is 5.95 Å². The number of thiazole rings is 1. The number of hydrogen-bond acceptors (Lipinski definition) is 6. The number of aromatic amines is 1. The Morgan fingerprint density at radius 2 is 2.00 bits per heavy atom. The molecule has 0 aliphatic rings. The van der Waals surface area contributed by atoms with Gasteiger partial charge in [0.1, 0.15) is 10.7 Å². The van der Waals surface area contributed by atoms with Crippen molar-refractivity contribution in [2.45, 2.75) is 0 Å². The molecule has 0 spiro atoms. The van der Waals surface area contributed by atoms with E-state index in [1.165, 1.54) is 17.4 Å². The molecule has 0 fully saturated rings. The van der Waals surface area contributed by atoms with Gasteiger partial charge in [0.15, 0.2) is 5.82 Å². The maximum Gasteiger partial charge on any atom is 0.250 e. The van der Waals surface area contributed by atoms with Crippen LogP contribution >= 0.6 is 11.3 Å². The first-order valence-corrected chi connectivity index (χ1v) is 8.28. The van der Waals surface area contributed by atoms with E-state index in [1.54, 1.807) is 18.3 Å². The Morgan fingerprint density at radius 1 is 1.12 bits per heavy atom. The lowest BCUT2D eigenvalue weighted by atomic mass is 10.3. The van der Waals surface area contributed by atoms with Crippen LogP contribution in [0, 0.1) is 0 Å². The van der Waals surface area contributed by atoms with Gasteiger partial charge in [-0.1, -0.05) is 18.2 Å². The predicted molar refractivity (Wildman–Crippen MR) is 96.9 cm³/mol. The van der Waals surface area contributed by atoms with Gasteiger partial charge in [0.25, 0.3) is 5.91 Å². The standard InChI is InChI=1S/C17H12N6OS/c24-14(8-9-15-19-11-5-1-2-7-13(11)25-15)20-17-21-16(22-23-17)12-6-3-4-10-18-12/h1-10H,(H2,20,21,22,23,24)/b9-8-. The van der Waals surface area contributed by atoms with Crippen molar-refractivity contribution in [3.8, 4) is 11.5 Å². The summed E-state index contributed by atoms with van der Waals surface area (Å²) in [6.45, 7) is 0. The van der Waals surface area contributed by atoms with Gasteiger partial charge in [0, 0.05) is 12.3 Å². The number of benzene rings is 1. The largest absolute Gasteiger partial charge is 0.290 e. The Labute approximate surface area is 146 Å². The fourth-order valence-corrected chi connectivity index (χ4v) is 3.07. The van der Waals surface area contributed by atoms with E-state index in [2.05, 4.69) is 30.5 Å². The molecule has 0 unspecified atom stereocenters. The molecular formula is C17H12N6OS. The summed E-state index contributed by atoms with van der Waals surface area (Å²) in [5.74, 6) is 0.358. The molecule has 0 atom stereocenters. The van der Waals surface area contributed by atoms with Crippen LogP contribution in [0.1, 0.15) is 5.01 Å². The van der Waals surface area contributed by atoms with Gasteiger partial charge >= 0.3 is 0 Å². The van der Waals surface area contributed by atoms with Crippen molar-refractivity contribution in [3.63, 3.8) is 0 Å². The number of H-pyrrole nitrogens is 1. The van der Waals surface area contributed by atoms with Crippen LogP contribution in [0.3, 0.4) is 0 Å². The third-order valence-electron chi connectivity index (χ3n) is 3.32. The topological polar surface area (TPSA) is 96.5 Å². The first-order valence-electron chi connectivity index (χ1n) is 7.46. The lowest BCUT2D eigenvalue weighted by Gasteiger charge is -1.94. The molecule has 25 heavy (non-hydrogen) atoms. The number of pyridine rings is 1. The third-order valence-corrected chi connectivity index (χ3v) is 4.32. The van der Waals surface area contributed by atoms with E-state index in [-0.39, 0.29) is 11.9 Å². The van der Waals surface area contributed by atoms with Gasteiger partial charge < -0.3 is 0 Å². The van der Waals surface area contributed by atoms with Crippen molar-refractivity contribution in [3.05, 3.63) is 59.7 Å². The zero-order valence-corrected chi connectivity index (χ0v) is 13.7. The van der Waals surface area contributed by atoms with Crippen LogP contribution in [0.25, 0.3) is 27.8 Å². The Hall–Kier alpha value is -3.39. The smallest absolute Gasteiger partial charge is 0.250 e. The third kappa shape index (κ3) is 3.43. The minimum atomic E-state index is -0.328. The number of rotatable bonds is 4. The summed E-state index contributed by atoms with van der Waals surface area (Å²) in [7, 11) is 0. The summed E-state index contributed by atoms with van der Waals surface area (Å²) in [5, 5.41) is 10.1. The molecule has 4 rings (SSSR count). The number of carbonyl (C=O) groups is 1. The number of nitrogens with one attached hydrogen (secondary N) is 2. The molecule has 3 aromatic heterocycles. The molecule has 0 saturated carbocycles. The highest BCUT2D eigenvalue weighted by atomic mass is 32.1. The number of hydrogen-bond donors (Lipinski definition) is 2. The molecule has 0 saturated heterocycles. The minimum Gasteiger partial charge on any atom is -0.290 e. The number of anilines is 1. The van der Waals surface area contributed by atoms with Gasteiger partial charge in [-0.25, -0.2) is 4.98 Å². The normalized spacial score (nSPS) is 11.2. The van der Waals surface area contributed by atoms with E-state index in [9.17, 15) is 4.79 Å². The molecular weight excluding hydrogens is 336 g/mol. The molecule has 0 aliphatic carbocycles. The van der Waals surface area contributed by atoms with Gasteiger partial charge in [0.05, 0.1) is 10.2 Å². The summed E-state index contributed by atoms with van der Waals surface area (Å²) in [6, 6.07) is 13.3. The predicted octanol–water partition coefficient (Wildman–Crippen LogP) is 3.13. The van der Waals surface area contributed by atoms with Crippen LogP contribution in [0.4, 0.5) is 5.95 Å². The highest BCUT2D eigenvalue weighted by Gasteiger charge is 2.08. The zero-order valence-electron chi connectivity index (χ0n) is 12.9. The van der Waals surface area contributed by atoms with Crippen molar-refractivity contribution in [1.29, 1.82) is 0 Å². The molecule has 4 aromatic rings. The fraction of sp³-hybridized carbons (Fsp3) is 0. The molecule has 0 radical (unpaired) electrons. The highest BCUT2D eigenvalue weighted by Crippen LogP contribution is 2.22. The highest BCUT2D eigenvalue weighted by molar-refractivity contribution is 7.19. The van der Waals surface area contributed by atoms with Crippen LogP contribution < -0.4 is 5.32 Å². The van der Waals surface area contributed by atoms with E-state index in [1.807, 2.05) is 36.4 Å². The summed E-state index contributed by atoms with van der Waals surface area (Å²) in [6.07, 6.45) is 4.75. The minimum absolute atomic E-state index is 0.194. The molecule has 1 amide bonds. The SMILES string of the molecule is O=C(/C=C\c1nc2ccccc2s1)Nc1n[nH]c(-c2ccccn2)n1. The lowest BCUT2D eigenvalue weighted by Crippen LogP contribution is -2.09. The summed E-state index contributed by atoms with van der Waals surface area (Å²) < 4.78 is 1.08. The lowest BCUT2D eigenvalue weighted by molar-refractivity contribution is -0.111. The van der Waals surface area contributed by atoms with Crippen LogP contribution in [0.5, 0.6) is 0 Å². The van der Waals surface area contributed by atoms with Crippen LogP contribution in [0.2, 0.25) is 0 Å². The fourth-order valence-electron chi connectivity index (χ4n) is 2.20. The molecule has 0 bridgehead atoms. The van der Waals surface area contributed by atoms with Gasteiger partial charge in [-0.05, 0) is 30.3 Å². The second kappa shape index (κ2) is 6.62. The van der Waals surface area contributed by atoms with Crippen molar-refractivity contribution in [2.75, 3.05) is 5.32 Å². The van der Waals surface area contributed by atoms with Gasteiger partial charge in [-0.15, -0.1) is 16.4 Å². The van der Waals surface area contributed by atoms with Gasteiger partial charge in [-0.2, -0.15) is 4.98 Å². The Morgan fingerprint density at radius 3 is 2.84 bits per heavy atom. The number of amides is 1. The monoisotopic (exact) mass is 348 g/mol. The van der Waals surface area contributed by atoms with Crippen molar-refractivity contribution in [1.82, 2.24) is 25.1 Å². The number of carbonyl (C=O) groups excluding carboxylic acids is 1. The molecule has 2 N–H and O–H groups in total. The van der Waals surface area contributed by atoms with Crippen molar-refractivity contribution < 1.29 is 4.79 Å². The first-order chi connectivity index (χ1) is 12.3. The van der Waals surface area contributed by atoms with E-state index < -0.39 is 0 Å². The Kier molecular flexibility index (Phi) is 4.01. The maximum absolute atomic E-state index is 12.0. The second-order valence-electron chi connectivity index (χ2n) is 5.07. The van der Waals surface area contributed by atoms with E-state index >= 15 is 0 Å². The Bertz CT molecular complexity index is 1020. The number of fused-ring (bicyclic) bond motifs is 1. The van der Waals surface area contributed by atoms with Crippen LogP contribution in [-0.4, -0.2) is 31.1 Å². The van der Waals surface area contributed by atoms with Crippen LogP contribution in [0.15, 0.2) is 54.7 Å². The van der Waals surface area contributed by atoms with E-state index in [0.717, 1.165) is 15.2 Å². The maximum atomic E-state index is 12.0. The zero-order chi connectivity index (χ0) is 17.1. The van der Waals surface area contributed by atoms with Crippen molar-refractivity contribution in [2.24, 2.45) is 0 Å². The molecule has 0 aliphatic heterocycles. The molecule has 1 aromatic carbocycles. The molecule has 122 valence electrons. The van der Waals surface area contributed by atoms with E-state index in [4.69, 9.17) is 0 Å². The van der Waals surface area contributed by atoms with Crippen molar-refractivity contribution >= 4 is 39.5 Å². The number of nitrogens with zero attached hydrogens (tertiary/aromatic N) is 4. The van der Waals surface area contributed by atoms with Crippen LogP contribution in [-0.2, 0) is 4.79 Å². The quantitative estimate of drug-likeness (QED) is 0.552. The first kappa shape index (κ1) is 15.2. The van der Waals surface area contributed by atoms with Gasteiger partial charge in [-0.3, -0.25) is 20.2 Å². The number of para-hydroxylation sites is 1. The number of aromatic nitrogens is 5. The average Bonchev–Trinajstić information content (AvgIpc) is 3.27.